The number of halogens is 1. The highest BCUT2D eigenvalue weighted by Crippen LogP contribution is 2.44. The minimum Gasteiger partial charge on any atom is -0.542 e. The van der Waals surface area contributed by atoms with Gasteiger partial charge in [0.15, 0.2) is 0 Å². The van der Waals surface area contributed by atoms with Crippen LogP contribution in [0.4, 0.5) is 5.69 Å². The summed E-state index contributed by atoms with van der Waals surface area (Å²) in [5, 5.41) is 12.2. The zero-order valence-corrected chi connectivity index (χ0v) is 23.5. The molecule has 1 aromatic heterocycles. The molecule has 0 amide bonds. The Morgan fingerprint density at radius 1 is 1.00 bits per heavy atom. The summed E-state index contributed by atoms with van der Waals surface area (Å²) in [6.07, 6.45) is 0. The summed E-state index contributed by atoms with van der Waals surface area (Å²) < 4.78 is 9.99. The zero-order valence-electron chi connectivity index (χ0n) is 20.9. The number of rotatable bonds is 8. The van der Waals surface area contributed by atoms with Gasteiger partial charge in [0.2, 0.25) is 0 Å². The molecule has 0 fully saturated rings. The number of hydrogen-bond donors (Lipinski definition) is 0. The molecule has 0 aliphatic carbocycles. The molecule has 1 heterocycles. The molecule has 3 rings (SSSR count). The second-order valence-corrected chi connectivity index (χ2v) is 16.2. The number of aryl methyl sites for hydroxylation is 2. The second-order valence-electron chi connectivity index (χ2n) is 9.98. The lowest BCUT2D eigenvalue weighted by Crippen LogP contribution is -2.50. The number of benzene rings is 2. The lowest BCUT2D eigenvalue weighted by atomic mass is 10.1. The van der Waals surface area contributed by atoms with E-state index in [-0.39, 0.29) is 10.6 Å². The van der Waals surface area contributed by atoms with E-state index < -0.39 is 8.32 Å². The van der Waals surface area contributed by atoms with Crippen molar-refractivity contribution >= 4 is 40.8 Å². The molecule has 7 heteroatoms. The molecule has 2 aromatic carbocycles. The van der Waals surface area contributed by atoms with Crippen LogP contribution in [0.5, 0.6) is 5.75 Å². The molecule has 0 N–H and O–H groups in total. The van der Waals surface area contributed by atoms with Gasteiger partial charge in [-0.05, 0) is 75.7 Å². The Balaban J connectivity index is 1.99. The van der Waals surface area contributed by atoms with E-state index in [0.29, 0.717) is 28.6 Å². The lowest BCUT2D eigenvalue weighted by Gasteiger charge is -2.42. The van der Waals surface area contributed by atoms with Gasteiger partial charge in [0.1, 0.15) is 5.75 Å². The van der Waals surface area contributed by atoms with E-state index in [1.165, 1.54) is 0 Å². The molecule has 178 valence electrons. The highest BCUT2D eigenvalue weighted by molar-refractivity contribution is 9.10. The van der Waals surface area contributed by atoms with E-state index in [4.69, 9.17) is 4.43 Å². The summed E-state index contributed by atoms with van der Waals surface area (Å²) >= 11 is 3.76. The van der Waals surface area contributed by atoms with Crippen molar-refractivity contribution in [2.75, 3.05) is 0 Å². The quantitative estimate of drug-likeness (QED) is 0.166. The minimum atomic E-state index is -2.05. The molecule has 0 aliphatic rings. The predicted octanol–water partition coefficient (Wildman–Crippen LogP) is 8.53. The van der Waals surface area contributed by atoms with E-state index in [1.807, 2.05) is 26.0 Å². The second kappa shape index (κ2) is 9.62. The average molecular weight is 532 g/mol. The van der Waals surface area contributed by atoms with Crippen LogP contribution in [0.1, 0.15) is 58.4 Å². The van der Waals surface area contributed by atoms with E-state index >= 15 is 0 Å². The SMILES string of the molecule is Cc1ccc([N+](=O)[O-])c2cc(C)n(Cc3ccc(O[Si](C(C)C)(C(C)C)C(C)C)c(Br)c3)c12. The summed E-state index contributed by atoms with van der Waals surface area (Å²) in [6.45, 7) is 18.4. The van der Waals surface area contributed by atoms with Crippen molar-refractivity contribution in [1.29, 1.82) is 0 Å². The van der Waals surface area contributed by atoms with Gasteiger partial charge in [-0.25, -0.2) is 0 Å². The number of nitrogens with zero attached hydrogens (tertiary/aromatic N) is 2. The maximum Gasteiger partial charge on any atom is 0.278 e. The first-order chi connectivity index (χ1) is 15.4. The normalized spacial score (nSPS) is 12.4. The Morgan fingerprint density at radius 3 is 2.12 bits per heavy atom. The standard InChI is InChI=1S/C26H35BrN2O3Si/c1-16(2)33(17(3)4,18(5)6)32-25-12-10-21(14-23(25)27)15-28-20(8)13-22-24(29(30)31)11-9-19(7)26(22)28/h9-14,16-18H,15H2,1-8H3. The third-order valence-corrected chi connectivity index (χ3v) is 13.6. The topological polar surface area (TPSA) is 57.3 Å². The van der Waals surface area contributed by atoms with Crippen LogP contribution in [-0.2, 0) is 6.54 Å². The van der Waals surface area contributed by atoms with Gasteiger partial charge in [0, 0.05) is 18.3 Å². The van der Waals surface area contributed by atoms with Gasteiger partial charge in [-0.3, -0.25) is 10.1 Å². The van der Waals surface area contributed by atoms with Crippen LogP contribution in [0.25, 0.3) is 10.9 Å². The highest BCUT2D eigenvalue weighted by atomic mass is 79.9. The Labute approximate surface area is 206 Å². The van der Waals surface area contributed by atoms with Crippen molar-refractivity contribution in [3.8, 4) is 5.75 Å². The van der Waals surface area contributed by atoms with Gasteiger partial charge in [-0.2, -0.15) is 0 Å². The molecule has 0 unspecified atom stereocenters. The molecular formula is C26H35BrN2O3Si. The number of aromatic nitrogens is 1. The van der Waals surface area contributed by atoms with E-state index in [9.17, 15) is 10.1 Å². The van der Waals surface area contributed by atoms with Crippen LogP contribution in [0.15, 0.2) is 40.9 Å². The van der Waals surface area contributed by atoms with E-state index in [0.717, 1.165) is 32.6 Å². The van der Waals surface area contributed by atoms with Gasteiger partial charge < -0.3 is 8.99 Å². The largest absolute Gasteiger partial charge is 0.542 e. The Kier molecular flexibility index (Phi) is 7.44. The van der Waals surface area contributed by atoms with Crippen molar-refractivity contribution in [1.82, 2.24) is 4.57 Å². The van der Waals surface area contributed by atoms with Crippen molar-refractivity contribution < 1.29 is 9.35 Å². The van der Waals surface area contributed by atoms with Crippen molar-refractivity contribution in [3.05, 3.63) is 67.8 Å². The highest BCUT2D eigenvalue weighted by Gasteiger charge is 2.47. The van der Waals surface area contributed by atoms with Crippen LogP contribution in [0, 0.1) is 24.0 Å². The van der Waals surface area contributed by atoms with Crippen LogP contribution in [0.3, 0.4) is 0 Å². The van der Waals surface area contributed by atoms with Gasteiger partial charge in [-0.1, -0.05) is 53.7 Å². The van der Waals surface area contributed by atoms with Gasteiger partial charge >= 0.3 is 0 Å². The van der Waals surface area contributed by atoms with Crippen LogP contribution in [-0.4, -0.2) is 17.8 Å². The molecule has 0 bridgehead atoms. The Bertz CT molecular complexity index is 1160. The molecule has 5 nitrogen and oxygen atoms in total. The summed E-state index contributed by atoms with van der Waals surface area (Å²) in [5.41, 5.74) is 5.72. The summed E-state index contributed by atoms with van der Waals surface area (Å²) in [5.74, 6) is 0.905. The molecule has 0 spiro atoms. The molecule has 33 heavy (non-hydrogen) atoms. The monoisotopic (exact) mass is 530 g/mol. The van der Waals surface area contributed by atoms with Crippen LogP contribution in [0.2, 0.25) is 16.6 Å². The number of fused-ring (bicyclic) bond motifs is 1. The van der Waals surface area contributed by atoms with Gasteiger partial charge in [-0.15, -0.1) is 0 Å². The van der Waals surface area contributed by atoms with Crippen molar-refractivity contribution in [2.45, 2.75) is 78.6 Å². The Hall–Kier alpha value is -2.12. The summed E-state index contributed by atoms with van der Waals surface area (Å²) in [7, 11) is -2.05. The summed E-state index contributed by atoms with van der Waals surface area (Å²) in [4.78, 5) is 11.2. The van der Waals surface area contributed by atoms with Gasteiger partial charge in [0.25, 0.3) is 14.0 Å². The first-order valence-electron chi connectivity index (χ1n) is 11.6. The lowest BCUT2D eigenvalue weighted by molar-refractivity contribution is -0.383. The van der Waals surface area contributed by atoms with E-state index in [1.54, 1.807) is 6.07 Å². The van der Waals surface area contributed by atoms with E-state index in [2.05, 4.69) is 80.2 Å². The number of nitro benzene ring substituents is 1. The predicted molar refractivity (Wildman–Crippen MR) is 143 cm³/mol. The maximum absolute atomic E-state index is 11.5. The third-order valence-electron chi connectivity index (χ3n) is 6.97. The fraction of sp³-hybridized carbons (Fsp3) is 0.462. The molecule has 0 aliphatic heterocycles. The molecule has 3 aromatic rings. The van der Waals surface area contributed by atoms with Gasteiger partial charge in [0.05, 0.1) is 20.3 Å². The zero-order chi connectivity index (χ0) is 24.7. The fourth-order valence-electron chi connectivity index (χ4n) is 5.49. The molecule has 0 radical (unpaired) electrons. The molecule has 0 saturated heterocycles. The number of nitro groups is 1. The van der Waals surface area contributed by atoms with Crippen LogP contribution < -0.4 is 4.43 Å². The fourth-order valence-corrected chi connectivity index (χ4v) is 11.4. The third kappa shape index (κ3) is 4.62. The summed E-state index contributed by atoms with van der Waals surface area (Å²) in [6, 6.07) is 11.6. The number of hydrogen-bond acceptors (Lipinski definition) is 3. The van der Waals surface area contributed by atoms with Crippen molar-refractivity contribution in [3.63, 3.8) is 0 Å². The molecule has 0 atom stereocenters. The smallest absolute Gasteiger partial charge is 0.278 e. The van der Waals surface area contributed by atoms with Crippen molar-refractivity contribution in [2.24, 2.45) is 0 Å². The Morgan fingerprint density at radius 2 is 1.61 bits per heavy atom. The minimum absolute atomic E-state index is 0.153. The average Bonchev–Trinajstić information content (AvgIpc) is 3.03. The first kappa shape index (κ1) is 25.5. The maximum atomic E-state index is 11.5. The number of non-ortho nitro benzene ring substituents is 1. The molecular weight excluding hydrogens is 496 g/mol. The molecule has 0 saturated carbocycles. The van der Waals surface area contributed by atoms with Crippen LogP contribution >= 0.6 is 15.9 Å². The first-order valence-corrected chi connectivity index (χ1v) is 14.5.